The summed E-state index contributed by atoms with van der Waals surface area (Å²) in [6, 6.07) is 6.26. The molecular weight excluding hydrogens is 377 g/mol. The van der Waals surface area contributed by atoms with Crippen molar-refractivity contribution in [3.8, 4) is 5.75 Å². The lowest BCUT2D eigenvalue weighted by molar-refractivity contribution is 0.336. The minimum atomic E-state index is 0. The van der Waals surface area contributed by atoms with E-state index in [9.17, 15) is 0 Å². The van der Waals surface area contributed by atoms with Crippen molar-refractivity contribution < 1.29 is 4.74 Å². The molecule has 120 valence electrons. The summed E-state index contributed by atoms with van der Waals surface area (Å²) in [5, 5.41) is 6.55. The fourth-order valence-electron chi connectivity index (χ4n) is 1.83. The molecule has 0 aromatic heterocycles. The van der Waals surface area contributed by atoms with Crippen molar-refractivity contribution in [2.75, 3.05) is 19.7 Å². The van der Waals surface area contributed by atoms with Gasteiger partial charge in [-0.25, -0.2) is 4.99 Å². The van der Waals surface area contributed by atoms with Gasteiger partial charge < -0.3 is 15.4 Å². The number of hydrogen-bond donors (Lipinski definition) is 2. The molecule has 0 amide bonds. The van der Waals surface area contributed by atoms with E-state index < -0.39 is 0 Å². The Balaban J connectivity index is 0.00000400. The molecule has 0 bridgehead atoms. The molecule has 0 saturated carbocycles. The molecule has 1 aromatic carbocycles. The third kappa shape index (κ3) is 7.55. The smallest absolute Gasteiger partial charge is 0.191 e. The molecule has 0 unspecified atom stereocenters. The van der Waals surface area contributed by atoms with Crippen LogP contribution in [0.1, 0.15) is 38.3 Å². The maximum Gasteiger partial charge on any atom is 0.191 e. The van der Waals surface area contributed by atoms with Crippen molar-refractivity contribution >= 4 is 29.9 Å². The first-order valence-electron chi connectivity index (χ1n) is 7.45. The molecule has 2 N–H and O–H groups in total. The standard InChI is InChI=1S/C16H27N3O.HI/c1-5-10-18-16(17-6-2)19-12-14-9-8-13(4)11-15(14)20-7-3;/h8-9,11H,5-7,10,12H2,1-4H3,(H2,17,18,19);1H. The molecule has 0 atom stereocenters. The number of rotatable bonds is 7. The Morgan fingerprint density at radius 1 is 1.19 bits per heavy atom. The molecule has 1 aromatic rings. The number of aliphatic imine (C=N–C) groups is 1. The first-order chi connectivity index (χ1) is 9.71. The minimum absolute atomic E-state index is 0. The van der Waals surface area contributed by atoms with Gasteiger partial charge in [-0.2, -0.15) is 0 Å². The van der Waals surface area contributed by atoms with E-state index in [1.807, 2.05) is 6.92 Å². The molecule has 5 heteroatoms. The number of hydrogen-bond acceptors (Lipinski definition) is 2. The van der Waals surface area contributed by atoms with Crippen LogP contribution in [0.3, 0.4) is 0 Å². The van der Waals surface area contributed by atoms with Gasteiger partial charge in [0.15, 0.2) is 5.96 Å². The Labute approximate surface area is 145 Å². The average molecular weight is 405 g/mol. The molecule has 0 aliphatic carbocycles. The second kappa shape index (κ2) is 11.7. The van der Waals surface area contributed by atoms with Crippen LogP contribution in [-0.4, -0.2) is 25.7 Å². The predicted molar refractivity (Wildman–Crippen MR) is 101 cm³/mol. The molecule has 21 heavy (non-hydrogen) atoms. The maximum atomic E-state index is 5.68. The SMILES string of the molecule is CCCNC(=NCc1ccc(C)cc1OCC)NCC.I. The largest absolute Gasteiger partial charge is 0.494 e. The van der Waals surface area contributed by atoms with Gasteiger partial charge >= 0.3 is 0 Å². The van der Waals surface area contributed by atoms with Gasteiger partial charge in [-0.05, 0) is 38.8 Å². The lowest BCUT2D eigenvalue weighted by Gasteiger charge is -2.12. The highest BCUT2D eigenvalue weighted by Crippen LogP contribution is 2.21. The van der Waals surface area contributed by atoms with E-state index in [1.54, 1.807) is 0 Å². The fraction of sp³-hybridized carbons (Fsp3) is 0.562. The Morgan fingerprint density at radius 3 is 2.57 bits per heavy atom. The molecule has 4 nitrogen and oxygen atoms in total. The number of benzene rings is 1. The van der Waals surface area contributed by atoms with E-state index in [1.165, 1.54) is 5.56 Å². The number of aryl methyl sites for hydroxylation is 1. The highest BCUT2D eigenvalue weighted by molar-refractivity contribution is 14.0. The summed E-state index contributed by atoms with van der Waals surface area (Å²) >= 11 is 0. The lowest BCUT2D eigenvalue weighted by Crippen LogP contribution is -2.37. The predicted octanol–water partition coefficient (Wildman–Crippen LogP) is 3.48. The monoisotopic (exact) mass is 405 g/mol. The van der Waals surface area contributed by atoms with Crippen LogP contribution in [-0.2, 0) is 6.54 Å². The van der Waals surface area contributed by atoms with Crippen molar-refractivity contribution in [2.24, 2.45) is 4.99 Å². The average Bonchev–Trinajstić information content (AvgIpc) is 2.44. The van der Waals surface area contributed by atoms with Crippen LogP contribution in [0.25, 0.3) is 0 Å². The van der Waals surface area contributed by atoms with Gasteiger partial charge in [0.25, 0.3) is 0 Å². The van der Waals surface area contributed by atoms with E-state index in [2.05, 4.69) is 54.6 Å². The number of nitrogens with one attached hydrogen (secondary N) is 2. The summed E-state index contributed by atoms with van der Waals surface area (Å²) in [6.45, 7) is 11.4. The highest BCUT2D eigenvalue weighted by Gasteiger charge is 2.04. The van der Waals surface area contributed by atoms with Crippen LogP contribution >= 0.6 is 24.0 Å². The van der Waals surface area contributed by atoms with Crippen molar-refractivity contribution in [1.82, 2.24) is 10.6 Å². The number of ether oxygens (including phenoxy) is 1. The Hall–Kier alpha value is -0.980. The van der Waals surface area contributed by atoms with Crippen molar-refractivity contribution in [3.05, 3.63) is 29.3 Å². The first-order valence-corrected chi connectivity index (χ1v) is 7.45. The van der Waals surface area contributed by atoms with Crippen LogP contribution < -0.4 is 15.4 Å². The van der Waals surface area contributed by atoms with Crippen LogP contribution in [0.2, 0.25) is 0 Å². The topological polar surface area (TPSA) is 45.7 Å². The van der Waals surface area contributed by atoms with Gasteiger partial charge in [0.2, 0.25) is 0 Å². The summed E-state index contributed by atoms with van der Waals surface area (Å²) in [6.07, 6.45) is 1.08. The van der Waals surface area contributed by atoms with Crippen molar-refractivity contribution in [1.29, 1.82) is 0 Å². The molecule has 1 rings (SSSR count). The molecule has 0 saturated heterocycles. The lowest BCUT2D eigenvalue weighted by atomic mass is 10.1. The zero-order valence-corrected chi connectivity index (χ0v) is 15.9. The van der Waals surface area contributed by atoms with Crippen molar-refractivity contribution in [2.45, 2.75) is 40.7 Å². The Bertz CT molecular complexity index is 436. The van der Waals surface area contributed by atoms with Gasteiger partial charge in [0.05, 0.1) is 13.2 Å². The quantitative estimate of drug-likeness (QED) is 0.415. The third-order valence-corrected chi connectivity index (χ3v) is 2.82. The molecule has 0 heterocycles. The van der Waals surface area contributed by atoms with Crippen LogP contribution in [0, 0.1) is 6.92 Å². The maximum absolute atomic E-state index is 5.68. The van der Waals surface area contributed by atoms with Crippen LogP contribution in [0.15, 0.2) is 23.2 Å². The zero-order chi connectivity index (χ0) is 14.8. The number of guanidine groups is 1. The molecular formula is C16H28IN3O. The van der Waals surface area contributed by atoms with Crippen molar-refractivity contribution in [3.63, 3.8) is 0 Å². The van der Waals surface area contributed by atoms with E-state index >= 15 is 0 Å². The number of halogens is 1. The van der Waals surface area contributed by atoms with Gasteiger partial charge in [-0.15, -0.1) is 24.0 Å². The van der Waals surface area contributed by atoms with Gasteiger partial charge in [0.1, 0.15) is 5.75 Å². The number of nitrogens with zero attached hydrogens (tertiary/aromatic N) is 1. The summed E-state index contributed by atoms with van der Waals surface area (Å²) in [5.41, 5.74) is 2.32. The summed E-state index contributed by atoms with van der Waals surface area (Å²) in [7, 11) is 0. The minimum Gasteiger partial charge on any atom is -0.494 e. The fourth-order valence-corrected chi connectivity index (χ4v) is 1.83. The highest BCUT2D eigenvalue weighted by atomic mass is 127. The second-order valence-corrected chi connectivity index (χ2v) is 4.67. The Morgan fingerprint density at radius 2 is 1.95 bits per heavy atom. The summed E-state index contributed by atoms with van der Waals surface area (Å²) in [4.78, 5) is 4.61. The molecule has 0 spiro atoms. The van der Waals surface area contributed by atoms with Gasteiger partial charge in [-0.1, -0.05) is 19.1 Å². The van der Waals surface area contributed by atoms with E-state index in [0.717, 1.165) is 36.8 Å². The molecule has 0 fully saturated rings. The normalized spacial score (nSPS) is 10.8. The summed E-state index contributed by atoms with van der Waals surface area (Å²) < 4.78 is 5.68. The van der Waals surface area contributed by atoms with Crippen LogP contribution in [0.5, 0.6) is 5.75 Å². The summed E-state index contributed by atoms with van der Waals surface area (Å²) in [5.74, 6) is 1.79. The van der Waals surface area contributed by atoms with Gasteiger partial charge in [-0.3, -0.25) is 0 Å². The van der Waals surface area contributed by atoms with Gasteiger partial charge in [0, 0.05) is 18.7 Å². The first kappa shape index (κ1) is 20.0. The van der Waals surface area contributed by atoms with E-state index in [-0.39, 0.29) is 24.0 Å². The Kier molecular flexibility index (Phi) is 11.1. The molecule has 0 radical (unpaired) electrons. The van der Waals surface area contributed by atoms with Crippen LogP contribution in [0.4, 0.5) is 0 Å². The zero-order valence-electron chi connectivity index (χ0n) is 13.5. The van der Waals surface area contributed by atoms with E-state index in [0.29, 0.717) is 13.2 Å². The van der Waals surface area contributed by atoms with E-state index in [4.69, 9.17) is 4.74 Å². The second-order valence-electron chi connectivity index (χ2n) is 4.67. The third-order valence-electron chi connectivity index (χ3n) is 2.82. The molecule has 0 aliphatic heterocycles. The molecule has 0 aliphatic rings.